The Morgan fingerprint density at radius 3 is 2.84 bits per heavy atom. The molecule has 0 fully saturated rings. The molecule has 0 radical (unpaired) electrons. The van der Waals surface area contributed by atoms with Crippen LogP contribution < -0.4 is 5.32 Å². The molecular formula is C14H17NO3S. The first-order chi connectivity index (χ1) is 9.11. The van der Waals surface area contributed by atoms with Crippen molar-refractivity contribution in [2.45, 2.75) is 42.4 Å². The minimum absolute atomic E-state index is 0.179. The zero-order valence-electron chi connectivity index (χ0n) is 10.8. The van der Waals surface area contributed by atoms with Gasteiger partial charge in [0.1, 0.15) is 6.04 Å². The Kier molecular flexibility index (Phi) is 4.47. The number of nitrogens with one attached hydrogen (secondary N) is 1. The van der Waals surface area contributed by atoms with E-state index in [-0.39, 0.29) is 11.2 Å². The van der Waals surface area contributed by atoms with Crippen LogP contribution in [0.2, 0.25) is 0 Å². The van der Waals surface area contributed by atoms with E-state index in [0.717, 1.165) is 16.9 Å². The Morgan fingerprint density at radius 2 is 2.21 bits per heavy atom. The van der Waals surface area contributed by atoms with E-state index in [0.29, 0.717) is 12.8 Å². The molecule has 1 aromatic rings. The third-order valence-corrected chi connectivity index (χ3v) is 4.45. The smallest absolute Gasteiger partial charge is 0.326 e. The molecule has 5 heteroatoms. The van der Waals surface area contributed by atoms with Crippen LogP contribution in [0.3, 0.4) is 0 Å². The van der Waals surface area contributed by atoms with Gasteiger partial charge in [0.05, 0.1) is 5.25 Å². The highest BCUT2D eigenvalue weighted by atomic mass is 32.2. The fraction of sp³-hybridized carbons (Fsp3) is 0.429. The van der Waals surface area contributed by atoms with Crippen molar-refractivity contribution < 1.29 is 14.7 Å². The number of hydrogen-bond donors (Lipinski definition) is 2. The average molecular weight is 279 g/mol. The maximum absolute atomic E-state index is 12.1. The summed E-state index contributed by atoms with van der Waals surface area (Å²) in [5.41, 5.74) is 1.16. The Hall–Kier alpha value is -1.49. The van der Waals surface area contributed by atoms with E-state index in [1.807, 2.05) is 31.2 Å². The molecule has 0 spiro atoms. The molecule has 0 bridgehead atoms. The van der Waals surface area contributed by atoms with Crippen molar-refractivity contribution in [2.75, 3.05) is 0 Å². The van der Waals surface area contributed by atoms with E-state index >= 15 is 0 Å². The molecular weight excluding hydrogens is 262 g/mol. The zero-order chi connectivity index (χ0) is 13.8. The molecule has 102 valence electrons. The second kappa shape index (κ2) is 6.10. The van der Waals surface area contributed by atoms with Crippen molar-refractivity contribution in [3.8, 4) is 0 Å². The van der Waals surface area contributed by atoms with Gasteiger partial charge < -0.3 is 10.4 Å². The van der Waals surface area contributed by atoms with Crippen molar-refractivity contribution in [1.29, 1.82) is 0 Å². The SMILES string of the molecule is CCC[C@H](NC(=O)C1Cc2ccccc2S1)C(=O)O. The van der Waals surface area contributed by atoms with E-state index in [4.69, 9.17) is 5.11 Å². The van der Waals surface area contributed by atoms with Crippen molar-refractivity contribution in [2.24, 2.45) is 0 Å². The van der Waals surface area contributed by atoms with E-state index in [9.17, 15) is 9.59 Å². The number of amides is 1. The molecule has 2 N–H and O–H groups in total. The summed E-state index contributed by atoms with van der Waals surface area (Å²) in [7, 11) is 0. The highest BCUT2D eigenvalue weighted by Gasteiger charge is 2.30. The summed E-state index contributed by atoms with van der Waals surface area (Å²) in [6.45, 7) is 1.91. The van der Waals surface area contributed by atoms with Gasteiger partial charge in [-0.1, -0.05) is 31.5 Å². The lowest BCUT2D eigenvalue weighted by Gasteiger charge is -2.16. The fourth-order valence-corrected chi connectivity index (χ4v) is 3.34. The van der Waals surface area contributed by atoms with Gasteiger partial charge in [-0.15, -0.1) is 11.8 Å². The van der Waals surface area contributed by atoms with Crippen LogP contribution in [0, 0.1) is 0 Å². The van der Waals surface area contributed by atoms with Gasteiger partial charge in [-0.2, -0.15) is 0 Å². The Morgan fingerprint density at radius 1 is 1.47 bits per heavy atom. The van der Waals surface area contributed by atoms with E-state index in [1.165, 1.54) is 11.8 Å². The van der Waals surface area contributed by atoms with Crippen LogP contribution >= 0.6 is 11.8 Å². The number of thioether (sulfide) groups is 1. The lowest BCUT2D eigenvalue weighted by molar-refractivity contribution is -0.141. The van der Waals surface area contributed by atoms with Gasteiger partial charge in [0.2, 0.25) is 5.91 Å². The third-order valence-electron chi connectivity index (χ3n) is 3.13. The minimum Gasteiger partial charge on any atom is -0.480 e. The van der Waals surface area contributed by atoms with Crippen LogP contribution in [0.4, 0.5) is 0 Å². The first-order valence-electron chi connectivity index (χ1n) is 6.39. The summed E-state index contributed by atoms with van der Waals surface area (Å²) >= 11 is 1.51. The summed E-state index contributed by atoms with van der Waals surface area (Å²) < 4.78 is 0. The molecule has 1 unspecified atom stereocenters. The monoisotopic (exact) mass is 279 g/mol. The molecule has 1 aliphatic heterocycles. The lowest BCUT2D eigenvalue weighted by Crippen LogP contribution is -2.44. The van der Waals surface area contributed by atoms with E-state index in [2.05, 4.69) is 5.32 Å². The van der Waals surface area contributed by atoms with Crippen LogP contribution in [0.15, 0.2) is 29.2 Å². The highest BCUT2D eigenvalue weighted by Crippen LogP contribution is 2.36. The largest absolute Gasteiger partial charge is 0.480 e. The summed E-state index contributed by atoms with van der Waals surface area (Å²) in [6.07, 6.45) is 1.87. The molecule has 2 rings (SSSR count). The first-order valence-corrected chi connectivity index (χ1v) is 7.27. The predicted octanol–water partition coefficient (Wildman–Crippen LogP) is 2.07. The van der Waals surface area contributed by atoms with E-state index in [1.54, 1.807) is 0 Å². The van der Waals surface area contributed by atoms with Crippen LogP contribution in [0.1, 0.15) is 25.3 Å². The Bertz CT molecular complexity index is 464. The molecule has 1 amide bonds. The van der Waals surface area contributed by atoms with Crippen molar-refractivity contribution in [3.63, 3.8) is 0 Å². The number of carbonyl (C=O) groups excluding carboxylic acids is 1. The Labute approximate surface area is 116 Å². The second-order valence-corrected chi connectivity index (χ2v) is 5.85. The average Bonchev–Trinajstić information content (AvgIpc) is 2.81. The quantitative estimate of drug-likeness (QED) is 0.866. The van der Waals surface area contributed by atoms with Gasteiger partial charge in [-0.05, 0) is 24.5 Å². The molecule has 0 saturated carbocycles. The molecule has 1 aliphatic rings. The van der Waals surface area contributed by atoms with Gasteiger partial charge in [0, 0.05) is 4.90 Å². The maximum atomic E-state index is 12.1. The molecule has 1 heterocycles. The number of carboxylic acid groups (broad SMARTS) is 1. The summed E-state index contributed by atoms with van der Waals surface area (Å²) in [4.78, 5) is 24.3. The van der Waals surface area contributed by atoms with Gasteiger partial charge in [-0.25, -0.2) is 4.79 Å². The predicted molar refractivity (Wildman–Crippen MR) is 74.3 cm³/mol. The van der Waals surface area contributed by atoms with E-state index < -0.39 is 12.0 Å². The molecule has 0 aliphatic carbocycles. The number of fused-ring (bicyclic) bond motifs is 1. The Balaban J connectivity index is 1.97. The van der Waals surface area contributed by atoms with Gasteiger partial charge >= 0.3 is 5.97 Å². The number of carbonyl (C=O) groups is 2. The molecule has 4 nitrogen and oxygen atoms in total. The summed E-state index contributed by atoms with van der Waals surface area (Å²) in [6, 6.07) is 7.13. The number of carboxylic acids is 1. The number of rotatable bonds is 5. The van der Waals surface area contributed by atoms with Gasteiger partial charge in [-0.3, -0.25) is 4.79 Å². The van der Waals surface area contributed by atoms with Crippen molar-refractivity contribution in [1.82, 2.24) is 5.32 Å². The van der Waals surface area contributed by atoms with Crippen molar-refractivity contribution in [3.05, 3.63) is 29.8 Å². The van der Waals surface area contributed by atoms with Crippen LogP contribution in [-0.4, -0.2) is 28.3 Å². The number of aliphatic carboxylic acids is 1. The number of hydrogen-bond acceptors (Lipinski definition) is 3. The summed E-state index contributed by atoms with van der Waals surface area (Å²) in [5.74, 6) is -1.14. The highest BCUT2D eigenvalue weighted by molar-refractivity contribution is 8.01. The topological polar surface area (TPSA) is 66.4 Å². The van der Waals surface area contributed by atoms with Crippen molar-refractivity contribution >= 4 is 23.6 Å². The standard InChI is InChI=1S/C14H17NO3S/c1-2-5-10(14(17)18)15-13(16)12-8-9-6-3-4-7-11(9)19-12/h3-4,6-7,10,12H,2,5,8H2,1H3,(H,15,16)(H,17,18)/t10-,12?/m0/s1. The molecule has 0 aromatic heterocycles. The summed E-state index contributed by atoms with van der Waals surface area (Å²) in [5, 5.41) is 11.5. The third kappa shape index (κ3) is 3.29. The van der Waals surface area contributed by atoms with Crippen LogP contribution in [-0.2, 0) is 16.0 Å². The normalized spacial score (nSPS) is 18.7. The maximum Gasteiger partial charge on any atom is 0.326 e. The molecule has 0 saturated heterocycles. The van der Waals surface area contributed by atoms with Gasteiger partial charge in [0.15, 0.2) is 0 Å². The minimum atomic E-state index is -0.962. The molecule has 2 atom stereocenters. The van der Waals surface area contributed by atoms with Gasteiger partial charge in [0.25, 0.3) is 0 Å². The fourth-order valence-electron chi connectivity index (χ4n) is 2.14. The zero-order valence-corrected chi connectivity index (χ0v) is 11.6. The van der Waals surface area contributed by atoms with Crippen LogP contribution in [0.5, 0.6) is 0 Å². The first kappa shape index (κ1) is 13.9. The molecule has 19 heavy (non-hydrogen) atoms. The second-order valence-electron chi connectivity index (χ2n) is 4.61. The number of benzene rings is 1. The van der Waals surface area contributed by atoms with Crippen LogP contribution in [0.25, 0.3) is 0 Å². The molecule has 1 aromatic carbocycles. The lowest BCUT2D eigenvalue weighted by atomic mass is 10.1.